The van der Waals surface area contributed by atoms with E-state index in [4.69, 9.17) is 5.73 Å². The maximum atomic E-state index is 14.2. The van der Waals surface area contributed by atoms with Crippen LogP contribution in [0.3, 0.4) is 0 Å². The van der Waals surface area contributed by atoms with Crippen LogP contribution in [0.5, 0.6) is 0 Å². The monoisotopic (exact) mass is 217 g/mol. The van der Waals surface area contributed by atoms with Gasteiger partial charge in [0, 0.05) is 12.1 Å². The third-order valence-corrected chi connectivity index (χ3v) is 2.38. The predicted molar refractivity (Wildman–Crippen MR) is 53.1 cm³/mol. The van der Waals surface area contributed by atoms with Gasteiger partial charge in [-0.1, -0.05) is 13.3 Å². The molecule has 84 valence electrons. The molecule has 15 heavy (non-hydrogen) atoms. The molecule has 0 fully saturated rings. The molecule has 4 heteroatoms. The Morgan fingerprint density at radius 3 is 2.53 bits per heavy atom. The van der Waals surface area contributed by atoms with Crippen LogP contribution < -0.4 is 5.73 Å². The lowest BCUT2D eigenvalue weighted by Crippen LogP contribution is -2.31. The van der Waals surface area contributed by atoms with Gasteiger partial charge in [0.1, 0.15) is 11.6 Å². The molecule has 2 N–H and O–H groups in total. The van der Waals surface area contributed by atoms with Crippen LogP contribution in [0.1, 0.15) is 25.3 Å². The van der Waals surface area contributed by atoms with Crippen LogP contribution >= 0.6 is 0 Å². The molecule has 1 aromatic carbocycles. The van der Waals surface area contributed by atoms with Crippen LogP contribution in [0.25, 0.3) is 0 Å². The van der Waals surface area contributed by atoms with Gasteiger partial charge in [0.2, 0.25) is 0 Å². The van der Waals surface area contributed by atoms with Gasteiger partial charge in [-0.2, -0.15) is 0 Å². The van der Waals surface area contributed by atoms with Crippen molar-refractivity contribution >= 4 is 0 Å². The second kappa shape index (κ2) is 4.66. The summed E-state index contributed by atoms with van der Waals surface area (Å²) < 4.78 is 40.4. The zero-order valence-electron chi connectivity index (χ0n) is 8.56. The molecule has 0 aliphatic rings. The van der Waals surface area contributed by atoms with Gasteiger partial charge in [-0.3, -0.25) is 0 Å². The van der Waals surface area contributed by atoms with Crippen molar-refractivity contribution in [1.82, 2.24) is 0 Å². The first-order chi connectivity index (χ1) is 7.03. The van der Waals surface area contributed by atoms with Crippen LogP contribution in [-0.2, 0) is 5.67 Å². The second-order valence-corrected chi connectivity index (χ2v) is 3.54. The van der Waals surface area contributed by atoms with Crippen molar-refractivity contribution < 1.29 is 13.2 Å². The van der Waals surface area contributed by atoms with Crippen molar-refractivity contribution in [3.8, 4) is 0 Å². The van der Waals surface area contributed by atoms with Crippen LogP contribution in [0.4, 0.5) is 13.2 Å². The largest absolute Gasteiger partial charge is 0.327 e. The highest BCUT2D eigenvalue weighted by Gasteiger charge is 2.32. The minimum Gasteiger partial charge on any atom is -0.327 e. The summed E-state index contributed by atoms with van der Waals surface area (Å²) in [6, 6.07) is 2.75. The van der Waals surface area contributed by atoms with Crippen molar-refractivity contribution in [1.29, 1.82) is 0 Å². The molecule has 1 rings (SSSR count). The molecular weight excluding hydrogens is 203 g/mol. The highest BCUT2D eigenvalue weighted by atomic mass is 19.2. The Hall–Kier alpha value is -1.03. The molecule has 0 amide bonds. The van der Waals surface area contributed by atoms with E-state index in [9.17, 15) is 13.2 Å². The molecule has 0 bridgehead atoms. The van der Waals surface area contributed by atoms with E-state index in [-0.39, 0.29) is 18.5 Å². The lowest BCUT2D eigenvalue weighted by atomic mass is 9.91. The maximum Gasteiger partial charge on any atom is 0.151 e. The average Bonchev–Trinajstić information content (AvgIpc) is 2.22. The molecule has 0 saturated heterocycles. The molecule has 1 aromatic rings. The Bertz CT molecular complexity index is 341. The van der Waals surface area contributed by atoms with Gasteiger partial charge in [0.05, 0.1) is 0 Å². The van der Waals surface area contributed by atoms with E-state index < -0.39 is 17.3 Å². The van der Waals surface area contributed by atoms with Crippen LogP contribution in [-0.4, -0.2) is 6.54 Å². The highest BCUT2D eigenvalue weighted by Crippen LogP contribution is 2.32. The number of hydrogen-bond donors (Lipinski definition) is 1. The van der Waals surface area contributed by atoms with E-state index in [0.29, 0.717) is 6.42 Å². The number of rotatable bonds is 4. The van der Waals surface area contributed by atoms with Crippen molar-refractivity contribution in [2.45, 2.75) is 25.4 Å². The lowest BCUT2D eigenvalue weighted by molar-refractivity contribution is 0.153. The van der Waals surface area contributed by atoms with Gasteiger partial charge >= 0.3 is 0 Å². The van der Waals surface area contributed by atoms with Crippen molar-refractivity contribution in [3.63, 3.8) is 0 Å². The Morgan fingerprint density at radius 2 is 2.00 bits per heavy atom. The molecule has 1 unspecified atom stereocenters. The molecular formula is C11H14F3N. The molecule has 1 nitrogen and oxygen atoms in total. The third-order valence-electron chi connectivity index (χ3n) is 2.38. The summed E-state index contributed by atoms with van der Waals surface area (Å²) >= 11 is 0. The number of alkyl halides is 1. The zero-order valence-corrected chi connectivity index (χ0v) is 8.56. The van der Waals surface area contributed by atoms with Crippen molar-refractivity contribution in [2.24, 2.45) is 5.73 Å². The van der Waals surface area contributed by atoms with Gasteiger partial charge in [-0.25, -0.2) is 13.2 Å². The van der Waals surface area contributed by atoms with Gasteiger partial charge in [-0.05, 0) is 24.6 Å². The van der Waals surface area contributed by atoms with Gasteiger partial charge in [0.15, 0.2) is 5.67 Å². The Morgan fingerprint density at radius 1 is 1.33 bits per heavy atom. The van der Waals surface area contributed by atoms with E-state index in [1.807, 2.05) is 0 Å². The summed E-state index contributed by atoms with van der Waals surface area (Å²) in [7, 11) is 0. The summed E-state index contributed by atoms with van der Waals surface area (Å²) in [5, 5.41) is 0. The van der Waals surface area contributed by atoms with E-state index in [0.717, 1.165) is 18.2 Å². The number of nitrogens with two attached hydrogens (primary N) is 1. The summed E-state index contributed by atoms with van der Waals surface area (Å²) in [6.45, 7) is 1.42. The summed E-state index contributed by atoms with van der Waals surface area (Å²) in [4.78, 5) is 0. The first-order valence-corrected chi connectivity index (χ1v) is 4.88. The molecule has 1 atom stereocenters. The van der Waals surface area contributed by atoms with Gasteiger partial charge in [0.25, 0.3) is 0 Å². The van der Waals surface area contributed by atoms with E-state index in [2.05, 4.69) is 0 Å². The standard InChI is InChI=1S/C11H14F3N/c1-2-5-11(14,7-15)9-6-8(12)3-4-10(9)13/h3-4,6H,2,5,7,15H2,1H3. The second-order valence-electron chi connectivity index (χ2n) is 3.54. The van der Waals surface area contributed by atoms with Crippen LogP contribution in [0.15, 0.2) is 18.2 Å². The van der Waals surface area contributed by atoms with E-state index in [1.165, 1.54) is 0 Å². The highest BCUT2D eigenvalue weighted by molar-refractivity contribution is 5.25. The van der Waals surface area contributed by atoms with Gasteiger partial charge in [-0.15, -0.1) is 0 Å². The third kappa shape index (κ3) is 2.50. The topological polar surface area (TPSA) is 26.0 Å². The summed E-state index contributed by atoms with van der Waals surface area (Å²) in [6.07, 6.45) is 0.605. The fraction of sp³-hybridized carbons (Fsp3) is 0.455. The molecule has 0 aliphatic carbocycles. The molecule has 0 aromatic heterocycles. The fourth-order valence-electron chi connectivity index (χ4n) is 1.58. The lowest BCUT2D eigenvalue weighted by Gasteiger charge is -2.24. The number of halogens is 3. The number of hydrogen-bond acceptors (Lipinski definition) is 1. The summed E-state index contributed by atoms with van der Waals surface area (Å²) in [5.41, 5.74) is 3.02. The zero-order chi connectivity index (χ0) is 11.5. The van der Waals surface area contributed by atoms with Crippen molar-refractivity contribution in [2.75, 3.05) is 6.54 Å². The molecule has 0 heterocycles. The first-order valence-electron chi connectivity index (χ1n) is 4.88. The van der Waals surface area contributed by atoms with E-state index >= 15 is 0 Å². The minimum atomic E-state index is -1.97. The molecule has 0 spiro atoms. The van der Waals surface area contributed by atoms with Crippen molar-refractivity contribution in [3.05, 3.63) is 35.4 Å². The van der Waals surface area contributed by atoms with E-state index in [1.54, 1.807) is 6.92 Å². The maximum absolute atomic E-state index is 14.2. The van der Waals surface area contributed by atoms with Gasteiger partial charge < -0.3 is 5.73 Å². The molecule has 0 radical (unpaired) electrons. The Labute approximate surface area is 87.1 Å². The Kier molecular flexibility index (Phi) is 3.74. The normalized spacial score (nSPS) is 15.0. The van der Waals surface area contributed by atoms with Crippen LogP contribution in [0, 0.1) is 11.6 Å². The fourth-order valence-corrected chi connectivity index (χ4v) is 1.58. The van der Waals surface area contributed by atoms with Crippen LogP contribution in [0.2, 0.25) is 0 Å². The minimum absolute atomic E-state index is 0.0872. The average molecular weight is 217 g/mol. The Balaban J connectivity index is 3.16. The molecule has 0 aliphatic heterocycles. The quantitative estimate of drug-likeness (QED) is 0.824. The number of benzene rings is 1. The smallest absolute Gasteiger partial charge is 0.151 e. The first kappa shape index (κ1) is 12.0. The molecule has 0 saturated carbocycles. The predicted octanol–water partition coefficient (Wildman–Crippen LogP) is 2.89. The SMILES string of the molecule is CCCC(F)(CN)c1cc(F)ccc1F. The summed E-state index contributed by atoms with van der Waals surface area (Å²) in [5.74, 6) is -1.41.